The minimum absolute atomic E-state index is 0.0591. The van der Waals surface area contributed by atoms with E-state index in [1.807, 2.05) is 30.5 Å². The molecule has 3 aromatic heterocycles. The Morgan fingerprint density at radius 3 is 2.31 bits per heavy atom. The Bertz CT molecular complexity index is 1230. The predicted octanol–water partition coefficient (Wildman–Crippen LogP) is 5.38. The van der Waals surface area contributed by atoms with Crippen LogP contribution in [0, 0.1) is 16.7 Å². The van der Waals surface area contributed by atoms with Gasteiger partial charge in [0.15, 0.2) is 5.65 Å². The van der Waals surface area contributed by atoms with Crippen LogP contribution in [-0.4, -0.2) is 41.2 Å². The summed E-state index contributed by atoms with van der Waals surface area (Å²) in [4.78, 5) is 18.0. The number of hydrogen-bond donors (Lipinski definition) is 2. The molecule has 0 radical (unpaired) electrons. The second-order valence-corrected chi connectivity index (χ2v) is 12.8. The first-order chi connectivity index (χ1) is 16.7. The molecule has 36 heavy (non-hydrogen) atoms. The largest absolute Gasteiger partial charge is 0.443 e. The number of amides is 1. The number of carbonyl (C=O) groups excluding carboxylic acids is 1. The number of anilines is 1. The van der Waals surface area contributed by atoms with Crippen molar-refractivity contribution in [2.24, 2.45) is 16.7 Å². The molecular formula is C27H40N6O3. The van der Waals surface area contributed by atoms with Crippen molar-refractivity contribution in [3.8, 4) is 0 Å². The van der Waals surface area contributed by atoms with Gasteiger partial charge < -0.3 is 14.2 Å². The average Bonchev–Trinajstić information content (AvgIpc) is 3.33. The first kappa shape index (κ1) is 26.1. The lowest BCUT2D eigenvalue weighted by Gasteiger charge is -2.49. The highest BCUT2D eigenvalue weighted by molar-refractivity contribution is 5.90. The molecule has 3 aromatic rings. The summed E-state index contributed by atoms with van der Waals surface area (Å²) in [5.41, 5.74) is 2.92. The number of ether oxygens (including phenoxy) is 1. The number of aromatic nitrogens is 5. The van der Waals surface area contributed by atoms with Crippen molar-refractivity contribution in [3.05, 3.63) is 41.6 Å². The van der Waals surface area contributed by atoms with Gasteiger partial charge in [0, 0.05) is 18.3 Å². The second kappa shape index (κ2) is 9.18. The number of nitrogens with one attached hydrogen (secondary N) is 1. The number of imidazole rings is 1. The Balaban J connectivity index is 1.60. The highest BCUT2D eigenvalue weighted by Crippen LogP contribution is 2.48. The van der Waals surface area contributed by atoms with Crippen LogP contribution in [0.2, 0.25) is 0 Å². The first-order valence-corrected chi connectivity index (χ1v) is 12.7. The highest BCUT2D eigenvalue weighted by atomic mass is 16.6. The fourth-order valence-corrected chi connectivity index (χ4v) is 6.45. The molecular weight excluding hydrogens is 456 g/mol. The van der Waals surface area contributed by atoms with Crippen LogP contribution in [-0.2, 0) is 17.9 Å². The summed E-state index contributed by atoms with van der Waals surface area (Å²) in [6.45, 7) is 17.4. The smallest absolute Gasteiger partial charge is 0.412 e. The Morgan fingerprint density at radius 2 is 1.75 bits per heavy atom. The van der Waals surface area contributed by atoms with E-state index in [-0.39, 0.29) is 23.4 Å². The van der Waals surface area contributed by atoms with Gasteiger partial charge in [0.2, 0.25) is 0 Å². The maximum Gasteiger partial charge on any atom is 0.412 e. The molecule has 0 spiro atoms. The summed E-state index contributed by atoms with van der Waals surface area (Å²) in [6, 6.07) is 2.02. The van der Waals surface area contributed by atoms with E-state index in [2.05, 4.69) is 63.4 Å². The van der Waals surface area contributed by atoms with Crippen molar-refractivity contribution >= 4 is 17.4 Å². The van der Waals surface area contributed by atoms with Crippen molar-refractivity contribution < 1.29 is 14.6 Å². The molecule has 0 aromatic carbocycles. The molecule has 3 heterocycles. The van der Waals surface area contributed by atoms with Crippen LogP contribution in [0.4, 0.5) is 10.5 Å². The Kier molecular flexibility index (Phi) is 6.66. The monoisotopic (exact) mass is 496 g/mol. The SMILES string of the molecule is CC(C)(C)C(C(C)(C)C)C(C)(C)OC(=O)Nc1cc(C2CC2)cn2cc(Cn3cc(CO)nn3)nc12. The zero-order chi connectivity index (χ0) is 26.5. The molecule has 9 nitrogen and oxygen atoms in total. The summed E-state index contributed by atoms with van der Waals surface area (Å²) in [5, 5.41) is 20.2. The van der Waals surface area contributed by atoms with Gasteiger partial charge in [-0.15, -0.1) is 5.10 Å². The van der Waals surface area contributed by atoms with Crippen molar-refractivity contribution in [1.29, 1.82) is 0 Å². The lowest BCUT2D eigenvalue weighted by Crippen LogP contribution is -2.50. The number of hydrogen-bond acceptors (Lipinski definition) is 6. The molecule has 0 unspecified atom stereocenters. The van der Waals surface area contributed by atoms with E-state index >= 15 is 0 Å². The van der Waals surface area contributed by atoms with Crippen LogP contribution in [0.3, 0.4) is 0 Å². The topological polar surface area (TPSA) is 107 Å². The number of pyridine rings is 1. The fraction of sp³-hybridized carbons (Fsp3) is 0.630. The third-order valence-corrected chi connectivity index (χ3v) is 6.76. The summed E-state index contributed by atoms with van der Waals surface area (Å²) in [7, 11) is 0. The molecule has 1 aliphatic carbocycles. The van der Waals surface area contributed by atoms with Gasteiger partial charge in [0.05, 0.1) is 30.7 Å². The summed E-state index contributed by atoms with van der Waals surface area (Å²) in [6.07, 6.45) is 7.52. The molecule has 1 saturated carbocycles. The van der Waals surface area contributed by atoms with Crippen molar-refractivity contribution in [2.45, 2.75) is 92.9 Å². The zero-order valence-corrected chi connectivity index (χ0v) is 22.8. The molecule has 0 aliphatic heterocycles. The standard InChI is InChI=1S/C27H40N6O3/c1-25(2,3)23(26(4,5)6)27(7,8)36-24(35)29-21-11-18(17-9-10-17)12-32-13-19(28-22(21)32)14-33-15-20(16-34)30-31-33/h11-13,15,17,23,34H,9-10,14,16H2,1-8H3,(H,29,35). The van der Waals surface area contributed by atoms with Crippen LogP contribution in [0.25, 0.3) is 5.65 Å². The predicted molar refractivity (Wildman–Crippen MR) is 139 cm³/mol. The van der Waals surface area contributed by atoms with Crippen molar-refractivity contribution in [2.75, 3.05) is 5.32 Å². The summed E-state index contributed by atoms with van der Waals surface area (Å²) in [5.74, 6) is 0.618. The van der Waals surface area contributed by atoms with Crippen LogP contribution in [0.1, 0.15) is 91.1 Å². The number of carbonyl (C=O) groups is 1. The number of aliphatic hydroxyl groups is 1. The van der Waals surface area contributed by atoms with Gasteiger partial charge in [0.25, 0.3) is 0 Å². The number of aliphatic hydroxyl groups excluding tert-OH is 1. The number of fused-ring (bicyclic) bond motifs is 1. The van der Waals surface area contributed by atoms with Gasteiger partial charge in [-0.25, -0.2) is 14.5 Å². The van der Waals surface area contributed by atoms with Crippen LogP contribution < -0.4 is 5.32 Å². The molecule has 9 heteroatoms. The Morgan fingerprint density at radius 1 is 1.08 bits per heavy atom. The van der Waals surface area contributed by atoms with Gasteiger partial charge in [-0.3, -0.25) is 5.32 Å². The molecule has 0 bridgehead atoms. The molecule has 0 saturated heterocycles. The summed E-state index contributed by atoms with van der Waals surface area (Å²) >= 11 is 0. The third-order valence-electron chi connectivity index (χ3n) is 6.76. The lowest BCUT2D eigenvalue weighted by molar-refractivity contribution is -0.0878. The molecule has 2 N–H and O–H groups in total. The Labute approximate surface area is 213 Å². The minimum Gasteiger partial charge on any atom is -0.443 e. The zero-order valence-electron chi connectivity index (χ0n) is 22.8. The van der Waals surface area contributed by atoms with Gasteiger partial charge in [-0.1, -0.05) is 46.8 Å². The molecule has 1 aliphatic rings. The van der Waals surface area contributed by atoms with Crippen molar-refractivity contribution in [1.82, 2.24) is 24.4 Å². The van der Waals surface area contributed by atoms with E-state index in [1.165, 1.54) is 5.56 Å². The van der Waals surface area contributed by atoms with Gasteiger partial charge in [-0.2, -0.15) is 0 Å². The number of nitrogens with zero attached hydrogens (tertiary/aromatic N) is 5. The molecule has 1 amide bonds. The maximum absolute atomic E-state index is 13.2. The summed E-state index contributed by atoms with van der Waals surface area (Å²) < 4.78 is 9.70. The second-order valence-electron chi connectivity index (χ2n) is 12.8. The van der Waals surface area contributed by atoms with Crippen LogP contribution in [0.15, 0.2) is 24.7 Å². The molecule has 1 fully saturated rings. The van der Waals surface area contributed by atoms with E-state index in [0.29, 0.717) is 29.5 Å². The maximum atomic E-state index is 13.2. The van der Waals surface area contributed by atoms with E-state index in [1.54, 1.807) is 10.9 Å². The van der Waals surface area contributed by atoms with Crippen LogP contribution >= 0.6 is 0 Å². The number of rotatable bonds is 7. The Hall–Kier alpha value is -2.94. The van der Waals surface area contributed by atoms with Gasteiger partial charge in [-0.05, 0) is 55.1 Å². The van der Waals surface area contributed by atoms with E-state index in [9.17, 15) is 9.90 Å². The first-order valence-electron chi connectivity index (χ1n) is 12.7. The lowest BCUT2D eigenvalue weighted by atomic mass is 9.60. The van der Waals surface area contributed by atoms with E-state index in [0.717, 1.165) is 18.5 Å². The molecule has 196 valence electrons. The van der Waals surface area contributed by atoms with Crippen LogP contribution in [0.5, 0.6) is 0 Å². The minimum atomic E-state index is -0.691. The van der Waals surface area contributed by atoms with E-state index in [4.69, 9.17) is 9.72 Å². The normalized spacial score (nSPS) is 15.1. The fourth-order valence-electron chi connectivity index (χ4n) is 6.45. The quantitative estimate of drug-likeness (QED) is 0.455. The molecule has 0 atom stereocenters. The third kappa shape index (κ3) is 5.72. The molecule has 4 rings (SSSR count). The van der Waals surface area contributed by atoms with E-state index < -0.39 is 11.7 Å². The average molecular weight is 497 g/mol. The highest BCUT2D eigenvalue weighted by Gasteiger charge is 2.47. The van der Waals surface area contributed by atoms with Gasteiger partial charge in [0.1, 0.15) is 11.3 Å². The van der Waals surface area contributed by atoms with Crippen molar-refractivity contribution in [3.63, 3.8) is 0 Å². The van der Waals surface area contributed by atoms with Gasteiger partial charge >= 0.3 is 6.09 Å².